The molecule has 1 aliphatic heterocycles. The second kappa shape index (κ2) is 8.89. The molecule has 1 aliphatic rings. The second-order valence-corrected chi connectivity index (χ2v) is 7.44. The lowest BCUT2D eigenvalue weighted by atomic mass is 10.2. The minimum Gasteiger partial charge on any atom is -0.384 e. The maximum absolute atomic E-state index is 12.2. The van der Waals surface area contributed by atoms with E-state index in [2.05, 4.69) is 32.3 Å². The number of aromatic nitrogens is 2. The van der Waals surface area contributed by atoms with Gasteiger partial charge in [0, 0.05) is 36.2 Å². The van der Waals surface area contributed by atoms with Gasteiger partial charge in [0.15, 0.2) is 5.16 Å². The van der Waals surface area contributed by atoms with E-state index in [0.717, 1.165) is 24.5 Å². The molecule has 2 heterocycles. The topological polar surface area (TPSA) is 84.1 Å². The van der Waals surface area contributed by atoms with Gasteiger partial charge in [-0.15, -0.1) is 0 Å². The van der Waals surface area contributed by atoms with Crippen LogP contribution in [0.1, 0.15) is 31.4 Å². The van der Waals surface area contributed by atoms with Gasteiger partial charge < -0.3 is 16.0 Å². The Balaban J connectivity index is 1.52. The first-order valence-electron chi connectivity index (χ1n) is 8.99. The number of hydrogen-bond acceptors (Lipinski definition) is 6. The van der Waals surface area contributed by atoms with Crippen LogP contribution in [0.3, 0.4) is 0 Å². The van der Waals surface area contributed by atoms with Crippen LogP contribution in [0, 0.1) is 6.92 Å². The van der Waals surface area contributed by atoms with Gasteiger partial charge in [-0.05, 0) is 44.0 Å². The Morgan fingerprint density at radius 1 is 1.15 bits per heavy atom. The van der Waals surface area contributed by atoms with Gasteiger partial charge in [0.2, 0.25) is 5.91 Å². The average Bonchev–Trinajstić information content (AvgIpc) is 2.89. The number of nitrogen functional groups attached to an aromatic ring is 1. The van der Waals surface area contributed by atoms with E-state index in [4.69, 9.17) is 5.73 Å². The minimum atomic E-state index is -0.0822. The summed E-state index contributed by atoms with van der Waals surface area (Å²) in [5, 5.41) is 3.44. The molecule has 0 atom stereocenters. The summed E-state index contributed by atoms with van der Waals surface area (Å²) in [5.74, 6) is 0.585. The number of thioether (sulfide) groups is 1. The van der Waals surface area contributed by atoms with Crippen LogP contribution < -0.4 is 16.0 Å². The summed E-state index contributed by atoms with van der Waals surface area (Å²) >= 11 is 1.28. The van der Waals surface area contributed by atoms with Gasteiger partial charge in [0.25, 0.3) is 0 Å². The third-order valence-electron chi connectivity index (χ3n) is 4.31. The van der Waals surface area contributed by atoms with Gasteiger partial charge in [-0.3, -0.25) is 4.79 Å². The van der Waals surface area contributed by atoms with E-state index >= 15 is 0 Å². The van der Waals surface area contributed by atoms with Crippen LogP contribution in [-0.4, -0.2) is 34.7 Å². The minimum absolute atomic E-state index is 0.0822. The Morgan fingerprint density at radius 3 is 2.50 bits per heavy atom. The Bertz CT molecular complexity index is 722. The molecule has 138 valence electrons. The Hall–Kier alpha value is -2.28. The highest BCUT2D eigenvalue weighted by molar-refractivity contribution is 7.99. The first-order chi connectivity index (χ1) is 12.6. The van der Waals surface area contributed by atoms with Crippen molar-refractivity contribution in [1.82, 2.24) is 9.97 Å². The molecule has 7 heteroatoms. The lowest BCUT2D eigenvalue weighted by molar-refractivity contribution is -0.113. The number of hydrogen-bond donors (Lipinski definition) is 2. The van der Waals surface area contributed by atoms with E-state index in [-0.39, 0.29) is 11.7 Å². The molecule has 3 rings (SSSR count). The van der Waals surface area contributed by atoms with Gasteiger partial charge in [0.05, 0.1) is 5.75 Å². The predicted octanol–water partition coefficient (Wildman–Crippen LogP) is 3.48. The number of nitrogens with one attached hydrogen (secondary N) is 1. The number of amides is 1. The third-order valence-corrected chi connectivity index (χ3v) is 5.16. The number of nitrogens with zero attached hydrogens (tertiary/aromatic N) is 3. The summed E-state index contributed by atoms with van der Waals surface area (Å²) in [6.45, 7) is 4.08. The number of aryl methyl sites for hydroxylation is 1. The van der Waals surface area contributed by atoms with Crippen molar-refractivity contribution in [2.75, 3.05) is 34.8 Å². The van der Waals surface area contributed by atoms with Crippen molar-refractivity contribution in [2.24, 2.45) is 0 Å². The summed E-state index contributed by atoms with van der Waals surface area (Å²) in [5.41, 5.74) is 8.53. The zero-order valence-electron chi connectivity index (χ0n) is 15.1. The van der Waals surface area contributed by atoms with Crippen molar-refractivity contribution in [3.8, 4) is 0 Å². The Morgan fingerprint density at radius 2 is 1.85 bits per heavy atom. The van der Waals surface area contributed by atoms with Crippen LogP contribution in [0.5, 0.6) is 0 Å². The van der Waals surface area contributed by atoms with Gasteiger partial charge in [-0.2, -0.15) is 0 Å². The standard InChI is InChI=1S/C19H25N5OS/c1-14-12-17(20)23-19(21-14)26-13-18(25)22-15-6-8-16(9-7-15)24-10-4-2-3-5-11-24/h6-9,12H,2-5,10-11,13H2,1H3,(H,22,25)(H2,20,21,23). The number of nitrogens with two attached hydrogens (primary N) is 1. The SMILES string of the molecule is Cc1cc(N)nc(SCC(=O)Nc2ccc(N3CCCCCC3)cc2)n1. The van der Waals surface area contributed by atoms with E-state index < -0.39 is 0 Å². The third kappa shape index (κ3) is 5.36. The summed E-state index contributed by atoms with van der Waals surface area (Å²) in [7, 11) is 0. The van der Waals surface area contributed by atoms with Gasteiger partial charge >= 0.3 is 0 Å². The molecular weight excluding hydrogens is 346 g/mol. The monoisotopic (exact) mass is 371 g/mol. The number of carbonyl (C=O) groups is 1. The number of carbonyl (C=O) groups excluding carboxylic acids is 1. The van der Waals surface area contributed by atoms with Crippen molar-refractivity contribution >= 4 is 34.9 Å². The molecule has 3 N–H and O–H groups in total. The molecule has 2 aromatic rings. The molecule has 1 fully saturated rings. The molecule has 0 unspecified atom stereocenters. The number of anilines is 3. The highest BCUT2D eigenvalue weighted by Crippen LogP contribution is 2.22. The first kappa shape index (κ1) is 18.5. The molecule has 0 radical (unpaired) electrons. The quantitative estimate of drug-likeness (QED) is 0.618. The highest BCUT2D eigenvalue weighted by Gasteiger charge is 2.11. The summed E-state index contributed by atoms with van der Waals surface area (Å²) < 4.78 is 0. The highest BCUT2D eigenvalue weighted by atomic mass is 32.2. The van der Waals surface area contributed by atoms with Crippen LogP contribution in [0.15, 0.2) is 35.5 Å². The van der Waals surface area contributed by atoms with Crippen molar-refractivity contribution in [2.45, 2.75) is 37.8 Å². The average molecular weight is 372 g/mol. The Kier molecular flexibility index (Phi) is 6.33. The van der Waals surface area contributed by atoms with E-state index in [0.29, 0.717) is 11.0 Å². The largest absolute Gasteiger partial charge is 0.384 e. The lowest BCUT2D eigenvalue weighted by Gasteiger charge is -2.22. The van der Waals surface area contributed by atoms with Crippen molar-refractivity contribution in [3.63, 3.8) is 0 Å². The van der Waals surface area contributed by atoms with Crippen LogP contribution >= 0.6 is 11.8 Å². The van der Waals surface area contributed by atoms with E-state index in [9.17, 15) is 4.79 Å². The molecule has 26 heavy (non-hydrogen) atoms. The zero-order valence-corrected chi connectivity index (χ0v) is 15.9. The first-order valence-corrected chi connectivity index (χ1v) is 9.97. The molecule has 6 nitrogen and oxygen atoms in total. The van der Waals surface area contributed by atoms with E-state index in [1.165, 1.54) is 43.1 Å². The fourth-order valence-corrected chi connectivity index (χ4v) is 3.75. The molecular formula is C19H25N5OS. The van der Waals surface area contributed by atoms with Crippen LogP contribution in [0.4, 0.5) is 17.2 Å². The fourth-order valence-electron chi connectivity index (χ4n) is 3.04. The van der Waals surface area contributed by atoms with Gasteiger partial charge in [-0.25, -0.2) is 9.97 Å². The van der Waals surface area contributed by atoms with Crippen molar-refractivity contribution in [1.29, 1.82) is 0 Å². The molecule has 1 aromatic heterocycles. The smallest absolute Gasteiger partial charge is 0.234 e. The van der Waals surface area contributed by atoms with E-state index in [1.807, 2.05) is 19.1 Å². The zero-order chi connectivity index (χ0) is 18.4. The molecule has 0 bridgehead atoms. The lowest BCUT2D eigenvalue weighted by Crippen LogP contribution is -2.23. The molecule has 0 spiro atoms. The number of benzene rings is 1. The van der Waals surface area contributed by atoms with Crippen molar-refractivity contribution in [3.05, 3.63) is 36.0 Å². The maximum Gasteiger partial charge on any atom is 0.234 e. The van der Waals surface area contributed by atoms with Gasteiger partial charge in [0.1, 0.15) is 5.82 Å². The van der Waals surface area contributed by atoms with Crippen molar-refractivity contribution < 1.29 is 4.79 Å². The molecule has 1 saturated heterocycles. The Labute approximate surface area is 158 Å². The van der Waals surface area contributed by atoms with Crippen LogP contribution in [0.25, 0.3) is 0 Å². The number of rotatable bonds is 5. The summed E-state index contributed by atoms with van der Waals surface area (Å²) in [6.07, 6.45) is 5.14. The second-order valence-electron chi connectivity index (χ2n) is 6.50. The summed E-state index contributed by atoms with van der Waals surface area (Å²) in [4.78, 5) is 23.0. The normalized spacial score (nSPS) is 14.7. The maximum atomic E-state index is 12.2. The molecule has 0 saturated carbocycles. The molecule has 1 amide bonds. The van der Waals surface area contributed by atoms with Crippen LogP contribution in [-0.2, 0) is 4.79 Å². The molecule has 1 aromatic carbocycles. The van der Waals surface area contributed by atoms with E-state index in [1.54, 1.807) is 6.07 Å². The van der Waals surface area contributed by atoms with Gasteiger partial charge in [-0.1, -0.05) is 24.6 Å². The van der Waals surface area contributed by atoms with Crippen LogP contribution in [0.2, 0.25) is 0 Å². The fraction of sp³-hybridized carbons (Fsp3) is 0.421. The molecule has 0 aliphatic carbocycles. The summed E-state index contributed by atoms with van der Waals surface area (Å²) in [6, 6.07) is 9.79. The predicted molar refractivity (Wildman–Crippen MR) is 108 cm³/mol.